The fourth-order valence-electron chi connectivity index (χ4n) is 1.71. The van der Waals surface area contributed by atoms with Gasteiger partial charge in [0, 0.05) is 17.8 Å². The van der Waals surface area contributed by atoms with E-state index < -0.39 is 0 Å². The van der Waals surface area contributed by atoms with E-state index in [-0.39, 0.29) is 5.91 Å². The van der Waals surface area contributed by atoms with Gasteiger partial charge in [0.15, 0.2) is 0 Å². The zero-order valence-electron chi connectivity index (χ0n) is 10.7. The molecular weight excluding hydrogens is 240 g/mol. The lowest BCUT2D eigenvalue weighted by Crippen LogP contribution is -2.22. The Bertz CT molecular complexity index is 565. The number of hydrogen-bond donors (Lipinski definition) is 2. The van der Waals surface area contributed by atoms with Crippen molar-refractivity contribution in [1.82, 2.24) is 5.32 Å². The first-order valence-corrected chi connectivity index (χ1v) is 5.96. The lowest BCUT2D eigenvalue weighted by molar-refractivity contribution is 0.0951. The fraction of sp³-hybridized carbons (Fsp3) is 0.133. The third kappa shape index (κ3) is 3.48. The summed E-state index contributed by atoms with van der Waals surface area (Å²) in [6.07, 6.45) is 0. The van der Waals surface area contributed by atoms with E-state index in [1.807, 2.05) is 24.3 Å². The van der Waals surface area contributed by atoms with Crippen molar-refractivity contribution in [3.05, 3.63) is 59.7 Å². The van der Waals surface area contributed by atoms with Gasteiger partial charge in [-0.3, -0.25) is 4.79 Å². The van der Waals surface area contributed by atoms with E-state index in [0.29, 0.717) is 17.8 Å². The lowest BCUT2D eigenvalue weighted by Gasteiger charge is -2.07. The number of amides is 1. The second-order valence-electron chi connectivity index (χ2n) is 4.16. The monoisotopic (exact) mass is 256 g/mol. The van der Waals surface area contributed by atoms with Crippen molar-refractivity contribution in [1.29, 1.82) is 0 Å². The molecule has 0 aliphatic carbocycles. The minimum Gasteiger partial charge on any atom is -0.497 e. The van der Waals surface area contributed by atoms with Gasteiger partial charge in [-0.25, -0.2) is 0 Å². The van der Waals surface area contributed by atoms with E-state index in [0.717, 1.165) is 11.3 Å². The molecule has 2 aromatic rings. The molecule has 0 atom stereocenters. The van der Waals surface area contributed by atoms with Crippen LogP contribution in [0.1, 0.15) is 15.9 Å². The van der Waals surface area contributed by atoms with Gasteiger partial charge in [-0.1, -0.05) is 18.2 Å². The number of ether oxygens (including phenoxy) is 1. The third-order valence-corrected chi connectivity index (χ3v) is 2.76. The molecule has 0 bridgehead atoms. The van der Waals surface area contributed by atoms with Crippen LogP contribution in [0.5, 0.6) is 5.75 Å². The number of rotatable bonds is 4. The predicted molar refractivity (Wildman–Crippen MR) is 75.0 cm³/mol. The molecule has 0 unspecified atom stereocenters. The van der Waals surface area contributed by atoms with Crippen LogP contribution >= 0.6 is 0 Å². The zero-order chi connectivity index (χ0) is 13.7. The summed E-state index contributed by atoms with van der Waals surface area (Å²) in [5, 5.41) is 2.84. The third-order valence-electron chi connectivity index (χ3n) is 2.76. The Hall–Kier alpha value is -2.49. The number of nitrogen functional groups attached to an aromatic ring is 1. The molecule has 4 heteroatoms. The number of benzene rings is 2. The van der Waals surface area contributed by atoms with Gasteiger partial charge < -0.3 is 15.8 Å². The summed E-state index contributed by atoms with van der Waals surface area (Å²) in [7, 11) is 1.62. The fourth-order valence-corrected chi connectivity index (χ4v) is 1.71. The first-order chi connectivity index (χ1) is 9.19. The van der Waals surface area contributed by atoms with Crippen LogP contribution in [0.2, 0.25) is 0 Å². The van der Waals surface area contributed by atoms with Crippen LogP contribution in [-0.4, -0.2) is 13.0 Å². The second kappa shape index (κ2) is 5.91. The summed E-state index contributed by atoms with van der Waals surface area (Å²) in [5.41, 5.74) is 7.80. The molecular formula is C15H16N2O2. The Morgan fingerprint density at radius 1 is 1.21 bits per heavy atom. The summed E-state index contributed by atoms with van der Waals surface area (Å²) < 4.78 is 5.08. The highest BCUT2D eigenvalue weighted by atomic mass is 16.5. The number of carbonyl (C=O) groups is 1. The van der Waals surface area contributed by atoms with E-state index in [1.54, 1.807) is 31.4 Å². The highest BCUT2D eigenvalue weighted by Crippen LogP contribution is 2.11. The molecule has 2 rings (SSSR count). The number of nitrogens with one attached hydrogen (secondary N) is 1. The van der Waals surface area contributed by atoms with Crippen LogP contribution in [0.25, 0.3) is 0 Å². The van der Waals surface area contributed by atoms with Gasteiger partial charge in [-0.15, -0.1) is 0 Å². The second-order valence-corrected chi connectivity index (χ2v) is 4.16. The van der Waals surface area contributed by atoms with E-state index in [2.05, 4.69) is 5.32 Å². The summed E-state index contributed by atoms with van der Waals surface area (Å²) in [6.45, 7) is 0.470. The minimum atomic E-state index is -0.136. The smallest absolute Gasteiger partial charge is 0.251 e. The van der Waals surface area contributed by atoms with Crippen molar-refractivity contribution in [3.63, 3.8) is 0 Å². The number of nitrogens with two attached hydrogens (primary N) is 1. The van der Waals surface area contributed by atoms with Crippen molar-refractivity contribution in [2.45, 2.75) is 6.54 Å². The van der Waals surface area contributed by atoms with Gasteiger partial charge in [0.1, 0.15) is 5.75 Å². The molecule has 98 valence electrons. The summed E-state index contributed by atoms with van der Waals surface area (Å²) in [4.78, 5) is 11.9. The average molecular weight is 256 g/mol. The number of carbonyl (C=O) groups excluding carboxylic acids is 1. The molecule has 0 heterocycles. The highest BCUT2D eigenvalue weighted by molar-refractivity contribution is 5.94. The first-order valence-electron chi connectivity index (χ1n) is 5.96. The van der Waals surface area contributed by atoms with E-state index in [4.69, 9.17) is 10.5 Å². The average Bonchev–Trinajstić information content (AvgIpc) is 2.45. The molecule has 0 aromatic heterocycles. The summed E-state index contributed by atoms with van der Waals surface area (Å²) >= 11 is 0. The molecule has 1 amide bonds. The lowest BCUT2D eigenvalue weighted by atomic mass is 10.1. The van der Waals surface area contributed by atoms with Gasteiger partial charge in [0.2, 0.25) is 0 Å². The van der Waals surface area contributed by atoms with Crippen LogP contribution < -0.4 is 15.8 Å². The van der Waals surface area contributed by atoms with Crippen LogP contribution in [0.15, 0.2) is 48.5 Å². The number of methoxy groups -OCH3 is 1. The topological polar surface area (TPSA) is 64.3 Å². The van der Waals surface area contributed by atoms with Crippen molar-refractivity contribution in [2.75, 3.05) is 12.8 Å². The molecule has 0 saturated carbocycles. The van der Waals surface area contributed by atoms with Crippen molar-refractivity contribution in [2.24, 2.45) is 0 Å². The number of hydrogen-bond acceptors (Lipinski definition) is 3. The standard InChI is InChI=1S/C15H16N2O2/c1-19-14-7-5-11(6-8-14)10-17-15(18)12-3-2-4-13(16)9-12/h2-9H,10,16H2,1H3,(H,17,18). The molecule has 0 fully saturated rings. The maximum atomic E-state index is 11.9. The van der Waals surface area contributed by atoms with Gasteiger partial charge >= 0.3 is 0 Å². The van der Waals surface area contributed by atoms with Crippen LogP contribution in [0.4, 0.5) is 5.69 Å². The van der Waals surface area contributed by atoms with Gasteiger partial charge in [-0.2, -0.15) is 0 Å². The first kappa shape index (κ1) is 13.0. The highest BCUT2D eigenvalue weighted by Gasteiger charge is 2.05. The largest absolute Gasteiger partial charge is 0.497 e. The summed E-state index contributed by atoms with van der Waals surface area (Å²) in [6, 6.07) is 14.5. The van der Waals surface area contributed by atoms with Crippen molar-refractivity contribution in [3.8, 4) is 5.75 Å². The van der Waals surface area contributed by atoms with E-state index >= 15 is 0 Å². The van der Waals surface area contributed by atoms with Crippen molar-refractivity contribution < 1.29 is 9.53 Å². The molecule has 2 aromatic carbocycles. The van der Waals surface area contributed by atoms with Gasteiger partial charge in [0.05, 0.1) is 7.11 Å². The van der Waals surface area contributed by atoms with E-state index in [9.17, 15) is 4.79 Å². The van der Waals surface area contributed by atoms with Crippen molar-refractivity contribution >= 4 is 11.6 Å². The quantitative estimate of drug-likeness (QED) is 0.824. The maximum Gasteiger partial charge on any atom is 0.251 e. The number of anilines is 1. The van der Waals surface area contributed by atoms with Gasteiger partial charge in [-0.05, 0) is 35.9 Å². The Kier molecular flexibility index (Phi) is 4.03. The zero-order valence-corrected chi connectivity index (χ0v) is 10.7. The van der Waals surface area contributed by atoms with E-state index in [1.165, 1.54) is 0 Å². The predicted octanol–water partition coefficient (Wildman–Crippen LogP) is 2.21. The molecule has 0 aliphatic heterocycles. The van der Waals surface area contributed by atoms with Crippen LogP contribution in [0, 0.1) is 0 Å². The Balaban J connectivity index is 1.96. The van der Waals surface area contributed by atoms with Gasteiger partial charge in [0.25, 0.3) is 5.91 Å². The maximum absolute atomic E-state index is 11.9. The Morgan fingerprint density at radius 2 is 1.95 bits per heavy atom. The molecule has 4 nitrogen and oxygen atoms in total. The molecule has 0 radical (unpaired) electrons. The minimum absolute atomic E-state index is 0.136. The normalized spacial score (nSPS) is 9.95. The van der Waals surface area contributed by atoms with Crippen LogP contribution in [0.3, 0.4) is 0 Å². The molecule has 0 aliphatic rings. The molecule has 0 spiro atoms. The Labute approximate surface area is 112 Å². The molecule has 3 N–H and O–H groups in total. The summed E-state index contributed by atoms with van der Waals surface area (Å²) in [5.74, 6) is 0.661. The SMILES string of the molecule is COc1ccc(CNC(=O)c2cccc(N)c2)cc1. The molecule has 19 heavy (non-hydrogen) atoms. The Morgan fingerprint density at radius 3 is 2.58 bits per heavy atom. The molecule has 0 saturated heterocycles. The van der Waals surface area contributed by atoms with Crippen LogP contribution in [-0.2, 0) is 6.54 Å².